The predicted octanol–water partition coefficient (Wildman–Crippen LogP) is 3.27. The summed E-state index contributed by atoms with van der Waals surface area (Å²) >= 11 is 0. The molecule has 2 unspecified atom stereocenters. The Morgan fingerprint density at radius 1 is 1.15 bits per heavy atom. The number of carbonyl (C=O) groups is 1. The first kappa shape index (κ1) is 17.6. The molecule has 6 nitrogen and oxygen atoms in total. The fraction of sp³-hybridized carbons (Fsp3) is 0.350. The number of carbonyl (C=O) groups excluding carboxylic acids is 1. The molecule has 0 radical (unpaired) electrons. The molecule has 0 aromatic heterocycles. The van der Waals surface area contributed by atoms with Crippen LogP contribution in [0.5, 0.6) is 11.5 Å². The van der Waals surface area contributed by atoms with Crippen molar-refractivity contribution >= 4 is 6.03 Å². The Bertz CT molecular complexity index is 806. The molecular weight excluding hydrogens is 351 g/mol. The van der Waals surface area contributed by atoms with Crippen molar-refractivity contribution in [3.8, 4) is 11.5 Å². The molecule has 4 rings (SSSR count). The SMILES string of the molecule is O=C(NCc1ccc2c(c1)OCO2)NC(c1ccc(F)cc1)C1CCCO1. The van der Waals surface area contributed by atoms with Crippen LogP contribution in [0, 0.1) is 5.82 Å². The van der Waals surface area contributed by atoms with Gasteiger partial charge in [-0.1, -0.05) is 18.2 Å². The maximum Gasteiger partial charge on any atom is 0.315 e. The standard InChI is InChI=1S/C20H21FN2O4/c21-15-6-4-14(5-7-15)19(17-2-1-9-25-17)23-20(24)22-11-13-3-8-16-18(10-13)27-12-26-16/h3-8,10,17,19H,1-2,9,11-12H2,(H2,22,23,24). The average Bonchev–Trinajstić information content (AvgIpc) is 3.36. The van der Waals surface area contributed by atoms with Gasteiger partial charge in [-0.05, 0) is 48.2 Å². The number of halogens is 1. The fourth-order valence-electron chi connectivity index (χ4n) is 3.35. The molecule has 2 aliphatic rings. The van der Waals surface area contributed by atoms with Gasteiger partial charge in [0.2, 0.25) is 6.79 Å². The van der Waals surface area contributed by atoms with Gasteiger partial charge in [0.05, 0.1) is 12.1 Å². The molecule has 2 aromatic rings. The van der Waals surface area contributed by atoms with E-state index in [4.69, 9.17) is 14.2 Å². The molecule has 142 valence electrons. The molecule has 0 saturated carbocycles. The number of ether oxygens (including phenoxy) is 3. The Morgan fingerprint density at radius 3 is 2.74 bits per heavy atom. The number of fused-ring (bicyclic) bond motifs is 1. The Labute approximate surface area is 156 Å². The van der Waals surface area contributed by atoms with Crippen LogP contribution < -0.4 is 20.1 Å². The van der Waals surface area contributed by atoms with Crippen LogP contribution in [0.1, 0.15) is 30.0 Å². The minimum atomic E-state index is -0.329. The van der Waals surface area contributed by atoms with E-state index in [1.165, 1.54) is 12.1 Å². The molecule has 2 atom stereocenters. The lowest BCUT2D eigenvalue weighted by Gasteiger charge is -2.25. The summed E-state index contributed by atoms with van der Waals surface area (Å²) in [7, 11) is 0. The van der Waals surface area contributed by atoms with Crippen LogP contribution in [-0.4, -0.2) is 25.5 Å². The number of hydrogen-bond donors (Lipinski definition) is 2. The molecular formula is C20H21FN2O4. The third kappa shape index (κ3) is 4.14. The van der Waals surface area contributed by atoms with Crippen molar-refractivity contribution in [2.75, 3.05) is 13.4 Å². The molecule has 2 heterocycles. The largest absolute Gasteiger partial charge is 0.454 e. The second-order valence-electron chi connectivity index (χ2n) is 6.60. The maximum atomic E-state index is 13.2. The highest BCUT2D eigenvalue weighted by Crippen LogP contribution is 2.32. The highest BCUT2D eigenvalue weighted by molar-refractivity contribution is 5.74. The van der Waals surface area contributed by atoms with Crippen molar-refractivity contribution in [1.82, 2.24) is 10.6 Å². The third-order valence-electron chi connectivity index (χ3n) is 4.74. The van der Waals surface area contributed by atoms with Gasteiger partial charge in [-0.25, -0.2) is 9.18 Å². The molecule has 1 fully saturated rings. The quantitative estimate of drug-likeness (QED) is 0.845. The van der Waals surface area contributed by atoms with E-state index in [0.717, 1.165) is 24.0 Å². The van der Waals surface area contributed by atoms with Gasteiger partial charge >= 0.3 is 6.03 Å². The summed E-state index contributed by atoms with van der Waals surface area (Å²) in [5.41, 5.74) is 1.73. The van der Waals surface area contributed by atoms with E-state index in [-0.39, 0.29) is 30.8 Å². The zero-order chi connectivity index (χ0) is 18.6. The minimum Gasteiger partial charge on any atom is -0.454 e. The van der Waals surface area contributed by atoms with E-state index in [0.29, 0.717) is 24.7 Å². The van der Waals surface area contributed by atoms with E-state index < -0.39 is 0 Å². The maximum absolute atomic E-state index is 13.2. The zero-order valence-electron chi connectivity index (χ0n) is 14.7. The molecule has 2 amide bonds. The Morgan fingerprint density at radius 2 is 1.96 bits per heavy atom. The third-order valence-corrected chi connectivity index (χ3v) is 4.74. The van der Waals surface area contributed by atoms with Crippen LogP contribution in [0.15, 0.2) is 42.5 Å². The van der Waals surface area contributed by atoms with Gasteiger partial charge in [0, 0.05) is 13.2 Å². The first-order chi connectivity index (χ1) is 13.2. The van der Waals surface area contributed by atoms with Crippen LogP contribution in [-0.2, 0) is 11.3 Å². The number of rotatable bonds is 5. The molecule has 2 aliphatic heterocycles. The van der Waals surface area contributed by atoms with E-state index in [9.17, 15) is 9.18 Å². The van der Waals surface area contributed by atoms with Crippen LogP contribution in [0.3, 0.4) is 0 Å². The number of urea groups is 1. The Kier molecular flexibility index (Phi) is 5.11. The lowest BCUT2D eigenvalue weighted by molar-refractivity contribution is 0.0807. The predicted molar refractivity (Wildman–Crippen MR) is 96.1 cm³/mol. The molecule has 2 N–H and O–H groups in total. The second kappa shape index (κ2) is 7.84. The summed E-state index contributed by atoms with van der Waals surface area (Å²) in [6.45, 7) is 1.24. The van der Waals surface area contributed by atoms with Crippen molar-refractivity contribution in [3.63, 3.8) is 0 Å². The summed E-state index contributed by atoms with van der Waals surface area (Å²) in [5, 5.41) is 5.81. The second-order valence-corrected chi connectivity index (χ2v) is 6.60. The van der Waals surface area contributed by atoms with Crippen LogP contribution in [0.25, 0.3) is 0 Å². The normalized spacial score (nSPS) is 18.9. The number of benzene rings is 2. The summed E-state index contributed by atoms with van der Waals surface area (Å²) in [6.07, 6.45) is 1.68. The van der Waals surface area contributed by atoms with Gasteiger partial charge in [-0.2, -0.15) is 0 Å². The molecule has 0 spiro atoms. The van der Waals surface area contributed by atoms with Crippen molar-refractivity contribution < 1.29 is 23.4 Å². The van der Waals surface area contributed by atoms with Crippen LogP contribution >= 0.6 is 0 Å². The monoisotopic (exact) mass is 372 g/mol. The topological polar surface area (TPSA) is 68.8 Å². The van der Waals surface area contributed by atoms with Gasteiger partial charge < -0.3 is 24.8 Å². The molecule has 7 heteroatoms. The number of nitrogens with one attached hydrogen (secondary N) is 2. The van der Waals surface area contributed by atoms with Crippen molar-refractivity contribution in [2.24, 2.45) is 0 Å². The van der Waals surface area contributed by atoms with Crippen LogP contribution in [0.4, 0.5) is 9.18 Å². The Balaban J connectivity index is 1.39. The smallest absolute Gasteiger partial charge is 0.315 e. The summed E-state index contributed by atoms with van der Waals surface area (Å²) in [6, 6.07) is 11.1. The van der Waals surface area contributed by atoms with Gasteiger partial charge in [0.15, 0.2) is 11.5 Å². The lowest BCUT2D eigenvalue weighted by atomic mass is 9.99. The van der Waals surface area contributed by atoms with E-state index in [1.54, 1.807) is 12.1 Å². The van der Waals surface area contributed by atoms with Gasteiger partial charge in [0.25, 0.3) is 0 Å². The van der Waals surface area contributed by atoms with Gasteiger partial charge in [-0.3, -0.25) is 0 Å². The van der Waals surface area contributed by atoms with Gasteiger partial charge in [-0.15, -0.1) is 0 Å². The lowest BCUT2D eigenvalue weighted by Crippen LogP contribution is -2.42. The molecule has 0 bridgehead atoms. The van der Waals surface area contributed by atoms with Crippen molar-refractivity contribution in [2.45, 2.75) is 31.5 Å². The van der Waals surface area contributed by atoms with Crippen molar-refractivity contribution in [3.05, 3.63) is 59.4 Å². The number of amides is 2. The van der Waals surface area contributed by atoms with Gasteiger partial charge in [0.1, 0.15) is 5.82 Å². The van der Waals surface area contributed by atoms with Crippen molar-refractivity contribution in [1.29, 1.82) is 0 Å². The Hall–Kier alpha value is -2.80. The van der Waals surface area contributed by atoms with E-state index in [2.05, 4.69) is 10.6 Å². The highest BCUT2D eigenvalue weighted by Gasteiger charge is 2.28. The highest BCUT2D eigenvalue weighted by atomic mass is 19.1. The van der Waals surface area contributed by atoms with E-state index >= 15 is 0 Å². The molecule has 0 aliphatic carbocycles. The molecule has 2 aromatic carbocycles. The average molecular weight is 372 g/mol. The summed E-state index contributed by atoms with van der Waals surface area (Å²) < 4.78 is 29.6. The van der Waals surface area contributed by atoms with Crippen LogP contribution in [0.2, 0.25) is 0 Å². The fourth-order valence-corrected chi connectivity index (χ4v) is 3.35. The molecule has 1 saturated heterocycles. The zero-order valence-corrected chi connectivity index (χ0v) is 14.7. The molecule has 27 heavy (non-hydrogen) atoms. The minimum absolute atomic E-state index is 0.119. The summed E-state index contributed by atoms with van der Waals surface area (Å²) in [5.74, 6) is 1.08. The van der Waals surface area contributed by atoms with E-state index in [1.807, 2.05) is 18.2 Å². The summed E-state index contributed by atoms with van der Waals surface area (Å²) in [4.78, 5) is 12.4. The first-order valence-corrected chi connectivity index (χ1v) is 8.99. The number of hydrogen-bond acceptors (Lipinski definition) is 4. The first-order valence-electron chi connectivity index (χ1n) is 8.99.